The lowest BCUT2D eigenvalue weighted by atomic mass is 10.0. The number of rotatable bonds is 4. The Morgan fingerprint density at radius 3 is 2.39 bits per heavy atom. The summed E-state index contributed by atoms with van der Waals surface area (Å²) in [6.07, 6.45) is 3.32. The van der Waals surface area contributed by atoms with Gasteiger partial charge in [-0.15, -0.1) is 0 Å². The third-order valence-corrected chi connectivity index (χ3v) is 4.51. The number of nitrogens with zero attached hydrogens (tertiary/aromatic N) is 2. The van der Waals surface area contributed by atoms with Gasteiger partial charge < -0.3 is 15.1 Å². The Hall–Kier alpha value is -0.610. The lowest BCUT2D eigenvalue weighted by Gasteiger charge is -2.38. The smallest absolute Gasteiger partial charge is 0.227 e. The summed E-state index contributed by atoms with van der Waals surface area (Å²) < 4.78 is 0. The second-order valence-corrected chi connectivity index (χ2v) is 5.47. The van der Waals surface area contributed by atoms with Crippen LogP contribution in [0.25, 0.3) is 0 Å². The van der Waals surface area contributed by atoms with Gasteiger partial charge in [-0.1, -0.05) is 13.8 Å². The van der Waals surface area contributed by atoms with Gasteiger partial charge in [-0.3, -0.25) is 4.79 Å². The van der Waals surface area contributed by atoms with Gasteiger partial charge in [-0.2, -0.15) is 0 Å². The van der Waals surface area contributed by atoms with Crippen molar-refractivity contribution in [3.8, 4) is 0 Å². The van der Waals surface area contributed by atoms with E-state index in [2.05, 4.69) is 29.0 Å². The molecule has 2 aliphatic heterocycles. The minimum Gasteiger partial charge on any atom is -0.342 e. The molecule has 0 aromatic heterocycles. The molecular formula is C14H27N3O. The number of hydrogen-bond donors (Lipinski definition) is 1. The molecule has 2 aliphatic rings. The molecule has 0 aromatic rings. The van der Waals surface area contributed by atoms with Crippen LogP contribution in [-0.2, 0) is 4.79 Å². The molecule has 0 spiro atoms. The highest BCUT2D eigenvalue weighted by Crippen LogP contribution is 2.19. The zero-order chi connectivity index (χ0) is 13.0. The highest BCUT2D eigenvalue weighted by Gasteiger charge is 2.30. The molecule has 18 heavy (non-hydrogen) atoms. The van der Waals surface area contributed by atoms with Gasteiger partial charge in [0.15, 0.2) is 0 Å². The Balaban J connectivity index is 1.80. The van der Waals surface area contributed by atoms with Gasteiger partial charge in [0.25, 0.3) is 0 Å². The molecule has 1 atom stereocenters. The molecule has 1 amide bonds. The minimum absolute atomic E-state index is 0.245. The summed E-state index contributed by atoms with van der Waals surface area (Å²) in [5, 5.41) is 3.28. The Kier molecular flexibility index (Phi) is 5.01. The van der Waals surface area contributed by atoms with E-state index < -0.39 is 0 Å². The van der Waals surface area contributed by atoms with Crippen LogP contribution in [0.3, 0.4) is 0 Å². The van der Waals surface area contributed by atoms with Gasteiger partial charge in [0, 0.05) is 25.7 Å². The SMILES string of the molecule is CCN(CC)C1CCN(C(=O)C2CCNC2)CC1. The molecule has 0 radical (unpaired) electrons. The first-order valence-corrected chi connectivity index (χ1v) is 7.49. The van der Waals surface area contributed by atoms with Crippen LogP contribution in [0.2, 0.25) is 0 Å². The Morgan fingerprint density at radius 2 is 1.89 bits per heavy atom. The molecule has 2 fully saturated rings. The van der Waals surface area contributed by atoms with E-state index in [4.69, 9.17) is 0 Å². The van der Waals surface area contributed by atoms with Gasteiger partial charge in [0.1, 0.15) is 0 Å². The van der Waals surface area contributed by atoms with E-state index in [0.717, 1.165) is 58.5 Å². The van der Waals surface area contributed by atoms with Crippen LogP contribution in [0.15, 0.2) is 0 Å². The number of amides is 1. The predicted octanol–water partition coefficient (Wildman–Crippen LogP) is 0.929. The molecule has 2 heterocycles. The van der Waals surface area contributed by atoms with Crippen LogP contribution in [0.5, 0.6) is 0 Å². The first-order valence-electron chi connectivity index (χ1n) is 7.49. The van der Waals surface area contributed by atoms with Crippen molar-refractivity contribution in [1.82, 2.24) is 15.1 Å². The van der Waals surface area contributed by atoms with Gasteiger partial charge >= 0.3 is 0 Å². The number of carbonyl (C=O) groups excluding carboxylic acids is 1. The fraction of sp³-hybridized carbons (Fsp3) is 0.929. The summed E-state index contributed by atoms with van der Waals surface area (Å²) in [4.78, 5) is 16.9. The number of nitrogens with one attached hydrogen (secondary N) is 1. The maximum absolute atomic E-state index is 12.3. The van der Waals surface area contributed by atoms with Crippen molar-refractivity contribution in [2.45, 2.75) is 39.2 Å². The highest BCUT2D eigenvalue weighted by atomic mass is 16.2. The van der Waals surface area contributed by atoms with Crippen molar-refractivity contribution in [1.29, 1.82) is 0 Å². The molecule has 2 saturated heterocycles. The van der Waals surface area contributed by atoms with Gasteiger partial charge in [0.2, 0.25) is 5.91 Å². The number of piperidine rings is 1. The van der Waals surface area contributed by atoms with Crippen molar-refractivity contribution >= 4 is 5.91 Å². The van der Waals surface area contributed by atoms with E-state index in [-0.39, 0.29) is 5.92 Å². The molecule has 0 aliphatic carbocycles. The summed E-state index contributed by atoms with van der Waals surface area (Å²) in [6, 6.07) is 0.686. The standard InChI is InChI=1S/C14H27N3O/c1-3-16(4-2)13-6-9-17(10-7-13)14(18)12-5-8-15-11-12/h12-13,15H,3-11H2,1-2H3. The Bertz CT molecular complexity index is 264. The maximum Gasteiger partial charge on any atom is 0.227 e. The molecule has 2 rings (SSSR count). The quantitative estimate of drug-likeness (QED) is 0.809. The third-order valence-electron chi connectivity index (χ3n) is 4.51. The molecule has 4 heteroatoms. The summed E-state index contributed by atoms with van der Waals surface area (Å²) in [6.45, 7) is 10.5. The summed E-state index contributed by atoms with van der Waals surface area (Å²) in [5.41, 5.74) is 0. The van der Waals surface area contributed by atoms with Crippen molar-refractivity contribution in [3.63, 3.8) is 0 Å². The molecule has 0 bridgehead atoms. The van der Waals surface area contributed by atoms with Crippen LogP contribution < -0.4 is 5.32 Å². The van der Waals surface area contributed by atoms with E-state index in [9.17, 15) is 4.79 Å². The molecule has 0 aromatic carbocycles. The second kappa shape index (κ2) is 6.53. The number of hydrogen-bond acceptors (Lipinski definition) is 3. The summed E-state index contributed by atoms with van der Waals surface area (Å²) in [5.74, 6) is 0.632. The molecule has 1 N–H and O–H groups in total. The van der Waals surface area contributed by atoms with Crippen LogP contribution in [0, 0.1) is 5.92 Å². The van der Waals surface area contributed by atoms with Crippen LogP contribution in [0.1, 0.15) is 33.1 Å². The maximum atomic E-state index is 12.3. The second-order valence-electron chi connectivity index (χ2n) is 5.47. The molecule has 0 saturated carbocycles. The molecule has 104 valence electrons. The normalized spacial score (nSPS) is 25.9. The lowest BCUT2D eigenvalue weighted by Crippen LogP contribution is -2.48. The van der Waals surface area contributed by atoms with Gasteiger partial charge in [0.05, 0.1) is 5.92 Å². The van der Waals surface area contributed by atoms with Crippen LogP contribution in [-0.4, -0.2) is 61.0 Å². The van der Waals surface area contributed by atoms with Crippen LogP contribution in [0.4, 0.5) is 0 Å². The van der Waals surface area contributed by atoms with Gasteiger partial charge in [-0.05, 0) is 38.9 Å². The topological polar surface area (TPSA) is 35.6 Å². The highest BCUT2D eigenvalue weighted by molar-refractivity contribution is 5.79. The van der Waals surface area contributed by atoms with Crippen LogP contribution >= 0.6 is 0 Å². The minimum atomic E-state index is 0.245. The van der Waals surface area contributed by atoms with Crippen molar-refractivity contribution in [2.24, 2.45) is 5.92 Å². The molecule has 1 unspecified atom stereocenters. The first-order chi connectivity index (χ1) is 8.76. The van der Waals surface area contributed by atoms with Crippen molar-refractivity contribution in [3.05, 3.63) is 0 Å². The average Bonchev–Trinajstić information content (AvgIpc) is 2.94. The number of carbonyl (C=O) groups is 1. The van der Waals surface area contributed by atoms with E-state index in [0.29, 0.717) is 11.9 Å². The fourth-order valence-corrected chi connectivity index (χ4v) is 3.32. The van der Waals surface area contributed by atoms with E-state index in [1.54, 1.807) is 0 Å². The average molecular weight is 253 g/mol. The largest absolute Gasteiger partial charge is 0.342 e. The summed E-state index contributed by atoms with van der Waals surface area (Å²) >= 11 is 0. The van der Waals surface area contributed by atoms with E-state index >= 15 is 0 Å². The Labute approximate surface area is 111 Å². The monoisotopic (exact) mass is 253 g/mol. The zero-order valence-electron chi connectivity index (χ0n) is 11.8. The summed E-state index contributed by atoms with van der Waals surface area (Å²) in [7, 11) is 0. The first kappa shape index (κ1) is 13.8. The van der Waals surface area contributed by atoms with Crippen molar-refractivity contribution in [2.75, 3.05) is 39.3 Å². The van der Waals surface area contributed by atoms with E-state index in [1.165, 1.54) is 0 Å². The third kappa shape index (κ3) is 3.04. The van der Waals surface area contributed by atoms with Crippen molar-refractivity contribution < 1.29 is 4.79 Å². The number of likely N-dealkylation sites (tertiary alicyclic amines) is 1. The zero-order valence-corrected chi connectivity index (χ0v) is 11.8. The van der Waals surface area contributed by atoms with E-state index in [1.807, 2.05) is 0 Å². The van der Waals surface area contributed by atoms with Gasteiger partial charge in [-0.25, -0.2) is 0 Å². The Morgan fingerprint density at radius 1 is 1.22 bits per heavy atom. The molecular weight excluding hydrogens is 226 g/mol. The predicted molar refractivity (Wildman–Crippen MR) is 73.5 cm³/mol. The lowest BCUT2D eigenvalue weighted by molar-refractivity contribution is -0.136. The fourth-order valence-electron chi connectivity index (χ4n) is 3.32. The molecule has 4 nitrogen and oxygen atoms in total.